The zero-order valence-corrected chi connectivity index (χ0v) is 12.3. The highest BCUT2D eigenvalue weighted by Crippen LogP contribution is 2.29. The Bertz CT molecular complexity index is 931. The Hall–Kier alpha value is -2.38. The summed E-state index contributed by atoms with van der Waals surface area (Å²) >= 11 is 1.73. The van der Waals surface area contributed by atoms with Crippen molar-refractivity contribution in [2.24, 2.45) is 0 Å². The minimum absolute atomic E-state index is 1.26. The van der Waals surface area contributed by atoms with Crippen molar-refractivity contribution in [3.63, 3.8) is 0 Å². The molecule has 0 nitrogen and oxygen atoms in total. The molecular weight excluding hydrogens is 272 g/mol. The smallest absolute Gasteiger partial charge is 0.00208 e. The number of hydrogen-bond acceptors (Lipinski definition) is 1. The second-order valence-corrected chi connectivity index (χ2v) is 5.90. The molecule has 0 radical (unpaired) electrons. The summed E-state index contributed by atoms with van der Waals surface area (Å²) in [4.78, 5) is 0. The highest BCUT2D eigenvalue weighted by atomic mass is 32.1. The lowest BCUT2D eigenvalue weighted by Crippen LogP contribution is -1.82. The molecular formula is C20H14S. The maximum absolute atomic E-state index is 2.28. The van der Waals surface area contributed by atoms with Gasteiger partial charge in [-0.25, -0.2) is 0 Å². The number of rotatable bonds is 2. The van der Waals surface area contributed by atoms with Crippen LogP contribution in [-0.2, 0) is 0 Å². The Labute approximate surface area is 128 Å². The SMILES string of the molecule is C(=Cc1cc2ccccc2c2ccccc12)c1ccsc1. The van der Waals surface area contributed by atoms with E-state index in [1.807, 2.05) is 0 Å². The van der Waals surface area contributed by atoms with E-state index in [1.165, 1.54) is 32.7 Å². The van der Waals surface area contributed by atoms with Crippen molar-refractivity contribution in [3.8, 4) is 0 Å². The van der Waals surface area contributed by atoms with Crippen molar-refractivity contribution in [2.75, 3.05) is 0 Å². The maximum atomic E-state index is 2.28. The molecule has 0 saturated carbocycles. The van der Waals surface area contributed by atoms with E-state index >= 15 is 0 Å². The van der Waals surface area contributed by atoms with Crippen LogP contribution in [0.4, 0.5) is 0 Å². The third kappa shape index (κ3) is 2.26. The van der Waals surface area contributed by atoms with Gasteiger partial charge in [-0.2, -0.15) is 11.3 Å². The van der Waals surface area contributed by atoms with Gasteiger partial charge in [0.1, 0.15) is 0 Å². The van der Waals surface area contributed by atoms with Crippen molar-refractivity contribution < 1.29 is 0 Å². The average molecular weight is 286 g/mol. The summed E-state index contributed by atoms with van der Waals surface area (Å²) in [6.45, 7) is 0. The van der Waals surface area contributed by atoms with Gasteiger partial charge in [-0.3, -0.25) is 0 Å². The first-order chi connectivity index (χ1) is 10.4. The van der Waals surface area contributed by atoms with Crippen LogP contribution < -0.4 is 0 Å². The number of thiophene rings is 1. The first kappa shape index (κ1) is 12.4. The molecule has 0 amide bonds. The summed E-state index contributed by atoms with van der Waals surface area (Å²) in [7, 11) is 0. The molecule has 0 aliphatic heterocycles. The number of hydrogen-bond donors (Lipinski definition) is 0. The Kier molecular flexibility index (Phi) is 3.06. The van der Waals surface area contributed by atoms with Gasteiger partial charge in [-0.1, -0.05) is 60.7 Å². The second-order valence-electron chi connectivity index (χ2n) is 5.12. The monoisotopic (exact) mass is 286 g/mol. The van der Waals surface area contributed by atoms with Crippen LogP contribution in [0, 0.1) is 0 Å². The minimum Gasteiger partial charge on any atom is -0.152 e. The standard InChI is InChI=1S/C20H14S/c1-2-6-18-16(5-1)13-17(10-9-15-11-12-21-14-15)19-7-3-4-8-20(18)19/h1-14H. The van der Waals surface area contributed by atoms with Crippen LogP contribution in [0.3, 0.4) is 0 Å². The van der Waals surface area contributed by atoms with E-state index in [0.717, 1.165) is 0 Å². The highest BCUT2D eigenvalue weighted by Gasteiger charge is 2.03. The molecule has 0 bridgehead atoms. The fraction of sp³-hybridized carbons (Fsp3) is 0. The first-order valence-corrected chi connectivity index (χ1v) is 7.97. The van der Waals surface area contributed by atoms with Gasteiger partial charge in [0.2, 0.25) is 0 Å². The predicted octanol–water partition coefficient (Wildman–Crippen LogP) is 6.22. The molecule has 0 spiro atoms. The van der Waals surface area contributed by atoms with E-state index < -0.39 is 0 Å². The maximum Gasteiger partial charge on any atom is -0.00208 e. The Balaban J connectivity index is 1.98. The zero-order chi connectivity index (χ0) is 14.1. The molecule has 1 heteroatoms. The Morgan fingerprint density at radius 1 is 0.714 bits per heavy atom. The van der Waals surface area contributed by atoms with Gasteiger partial charge in [-0.05, 0) is 55.6 Å². The fourth-order valence-corrected chi connectivity index (χ4v) is 3.41. The molecule has 4 aromatic rings. The lowest BCUT2D eigenvalue weighted by molar-refractivity contribution is 1.74. The van der Waals surface area contributed by atoms with Crippen LogP contribution in [0.25, 0.3) is 33.7 Å². The van der Waals surface area contributed by atoms with Crippen molar-refractivity contribution in [3.05, 3.63) is 82.6 Å². The molecule has 1 aromatic heterocycles. The third-order valence-corrected chi connectivity index (χ3v) is 4.50. The quantitative estimate of drug-likeness (QED) is 0.383. The topological polar surface area (TPSA) is 0 Å². The summed E-state index contributed by atoms with van der Waals surface area (Å²) < 4.78 is 0. The van der Waals surface area contributed by atoms with Crippen molar-refractivity contribution >= 4 is 45.0 Å². The van der Waals surface area contributed by atoms with Gasteiger partial charge in [-0.15, -0.1) is 0 Å². The van der Waals surface area contributed by atoms with Gasteiger partial charge in [0.25, 0.3) is 0 Å². The van der Waals surface area contributed by atoms with Crippen molar-refractivity contribution in [1.29, 1.82) is 0 Å². The zero-order valence-electron chi connectivity index (χ0n) is 11.5. The Morgan fingerprint density at radius 3 is 2.29 bits per heavy atom. The van der Waals surface area contributed by atoms with Gasteiger partial charge in [0.15, 0.2) is 0 Å². The van der Waals surface area contributed by atoms with Crippen LogP contribution in [0.2, 0.25) is 0 Å². The van der Waals surface area contributed by atoms with Crippen LogP contribution in [0.1, 0.15) is 11.1 Å². The lowest BCUT2D eigenvalue weighted by Gasteiger charge is -2.07. The largest absolute Gasteiger partial charge is 0.152 e. The Morgan fingerprint density at radius 2 is 1.48 bits per heavy atom. The molecule has 0 atom stereocenters. The van der Waals surface area contributed by atoms with Crippen molar-refractivity contribution in [1.82, 2.24) is 0 Å². The molecule has 1 heterocycles. The van der Waals surface area contributed by atoms with Crippen LogP contribution >= 0.6 is 11.3 Å². The highest BCUT2D eigenvalue weighted by molar-refractivity contribution is 7.08. The molecule has 0 aliphatic rings. The fourth-order valence-electron chi connectivity index (χ4n) is 2.78. The van der Waals surface area contributed by atoms with E-state index in [0.29, 0.717) is 0 Å². The van der Waals surface area contributed by atoms with Crippen LogP contribution in [0.5, 0.6) is 0 Å². The van der Waals surface area contributed by atoms with Gasteiger partial charge < -0.3 is 0 Å². The summed E-state index contributed by atoms with van der Waals surface area (Å²) in [5, 5.41) is 9.52. The van der Waals surface area contributed by atoms with E-state index in [9.17, 15) is 0 Å². The average Bonchev–Trinajstić information content (AvgIpc) is 3.06. The van der Waals surface area contributed by atoms with E-state index in [-0.39, 0.29) is 0 Å². The molecule has 0 fully saturated rings. The molecule has 0 saturated heterocycles. The lowest BCUT2D eigenvalue weighted by atomic mass is 9.97. The molecule has 4 rings (SSSR count). The second kappa shape index (κ2) is 5.19. The summed E-state index contributed by atoms with van der Waals surface area (Å²) in [5.74, 6) is 0. The van der Waals surface area contributed by atoms with Crippen LogP contribution in [0.15, 0.2) is 71.4 Å². The summed E-state index contributed by atoms with van der Waals surface area (Å²) in [6.07, 6.45) is 4.41. The number of benzene rings is 3. The molecule has 21 heavy (non-hydrogen) atoms. The molecule has 100 valence electrons. The van der Waals surface area contributed by atoms with Crippen molar-refractivity contribution in [2.45, 2.75) is 0 Å². The van der Waals surface area contributed by atoms with E-state index in [4.69, 9.17) is 0 Å². The summed E-state index contributed by atoms with van der Waals surface area (Å²) in [6, 6.07) is 21.6. The predicted molar refractivity (Wildman–Crippen MR) is 94.7 cm³/mol. The normalized spacial score (nSPS) is 11.6. The van der Waals surface area contributed by atoms with Gasteiger partial charge >= 0.3 is 0 Å². The molecule has 0 unspecified atom stereocenters. The van der Waals surface area contributed by atoms with E-state index in [2.05, 4.69) is 83.6 Å². The number of fused-ring (bicyclic) bond motifs is 3. The first-order valence-electron chi connectivity index (χ1n) is 7.02. The molecule has 0 N–H and O–H groups in total. The van der Waals surface area contributed by atoms with Gasteiger partial charge in [0.05, 0.1) is 0 Å². The summed E-state index contributed by atoms with van der Waals surface area (Å²) in [5.41, 5.74) is 2.53. The third-order valence-electron chi connectivity index (χ3n) is 3.80. The van der Waals surface area contributed by atoms with Crippen LogP contribution in [-0.4, -0.2) is 0 Å². The minimum atomic E-state index is 1.26. The molecule has 3 aromatic carbocycles. The molecule has 0 aliphatic carbocycles. The van der Waals surface area contributed by atoms with Gasteiger partial charge in [0, 0.05) is 0 Å². The van der Waals surface area contributed by atoms with E-state index in [1.54, 1.807) is 11.3 Å².